The van der Waals surface area contributed by atoms with E-state index in [1.54, 1.807) is 19.2 Å². The van der Waals surface area contributed by atoms with Gasteiger partial charge in [0.2, 0.25) is 0 Å². The Kier molecular flexibility index (Phi) is 5.47. The van der Waals surface area contributed by atoms with Gasteiger partial charge in [-0.15, -0.1) is 0 Å². The van der Waals surface area contributed by atoms with Crippen molar-refractivity contribution >= 4 is 34.0 Å². The van der Waals surface area contributed by atoms with E-state index in [2.05, 4.69) is 0 Å². The SMILES string of the molecule is Cc1ccc(N(C)C(=S)Sc2c(F)c(F)c(C#N)c(F)c2F)cc1. The van der Waals surface area contributed by atoms with E-state index in [-0.39, 0.29) is 4.32 Å². The number of nitriles is 1. The Morgan fingerprint density at radius 3 is 2.00 bits per heavy atom. The summed E-state index contributed by atoms with van der Waals surface area (Å²) in [6.45, 7) is 1.89. The van der Waals surface area contributed by atoms with Crippen molar-refractivity contribution in [3.05, 3.63) is 58.7 Å². The standard InChI is InChI=1S/C16H10F4N2S2/c1-8-3-5-9(6-4-8)22(2)16(23)24-15-13(19)11(17)10(7-21)12(18)14(15)20/h3-6H,1-2H3. The first-order valence-corrected chi connectivity index (χ1v) is 7.78. The number of hydrogen-bond acceptors (Lipinski definition) is 3. The van der Waals surface area contributed by atoms with Crippen LogP contribution < -0.4 is 4.90 Å². The maximum Gasteiger partial charge on any atom is 0.180 e. The molecule has 0 atom stereocenters. The van der Waals surface area contributed by atoms with Crippen molar-refractivity contribution in [2.24, 2.45) is 0 Å². The minimum atomic E-state index is -1.74. The summed E-state index contributed by atoms with van der Waals surface area (Å²) in [5.74, 6) is -6.76. The van der Waals surface area contributed by atoms with Gasteiger partial charge in [0, 0.05) is 12.7 Å². The van der Waals surface area contributed by atoms with Gasteiger partial charge >= 0.3 is 0 Å². The third-order valence-electron chi connectivity index (χ3n) is 3.22. The van der Waals surface area contributed by atoms with Crippen LogP contribution in [0.15, 0.2) is 29.2 Å². The molecule has 2 aromatic carbocycles. The molecule has 24 heavy (non-hydrogen) atoms. The van der Waals surface area contributed by atoms with Crippen molar-refractivity contribution in [1.82, 2.24) is 0 Å². The van der Waals surface area contributed by atoms with E-state index in [1.165, 1.54) is 4.90 Å². The average molecular weight is 370 g/mol. The van der Waals surface area contributed by atoms with Crippen LogP contribution in [0.3, 0.4) is 0 Å². The van der Waals surface area contributed by atoms with Crippen molar-refractivity contribution in [1.29, 1.82) is 5.26 Å². The lowest BCUT2D eigenvalue weighted by atomic mass is 10.2. The van der Waals surface area contributed by atoms with Crippen molar-refractivity contribution in [3.63, 3.8) is 0 Å². The molecule has 0 saturated heterocycles. The second-order valence-corrected chi connectivity index (χ2v) is 6.48. The molecular formula is C16H10F4N2S2. The number of halogens is 4. The van der Waals surface area contributed by atoms with Gasteiger partial charge in [0.15, 0.2) is 23.3 Å². The lowest BCUT2D eigenvalue weighted by Gasteiger charge is -2.20. The summed E-state index contributed by atoms with van der Waals surface area (Å²) in [6, 6.07) is 8.23. The fraction of sp³-hybridized carbons (Fsp3) is 0.125. The Morgan fingerprint density at radius 1 is 1.04 bits per heavy atom. The first-order chi connectivity index (χ1) is 11.3. The van der Waals surface area contributed by atoms with Gasteiger partial charge in [-0.25, -0.2) is 17.6 Å². The molecule has 0 N–H and O–H groups in total. The Labute approximate surface area is 145 Å². The number of anilines is 1. The number of hydrogen-bond donors (Lipinski definition) is 0. The van der Waals surface area contributed by atoms with Gasteiger partial charge in [-0.2, -0.15) is 5.26 Å². The van der Waals surface area contributed by atoms with Gasteiger partial charge in [-0.05, 0) is 19.1 Å². The fourth-order valence-corrected chi connectivity index (χ4v) is 2.96. The number of benzene rings is 2. The van der Waals surface area contributed by atoms with E-state index in [0.29, 0.717) is 17.4 Å². The zero-order valence-corrected chi connectivity index (χ0v) is 14.2. The molecule has 0 aliphatic heterocycles. The van der Waals surface area contributed by atoms with Crippen molar-refractivity contribution in [3.8, 4) is 6.07 Å². The third kappa shape index (κ3) is 3.37. The zero-order chi connectivity index (χ0) is 18.0. The molecule has 0 radical (unpaired) electrons. The summed E-state index contributed by atoms with van der Waals surface area (Å²) in [5.41, 5.74) is 0.361. The van der Waals surface area contributed by atoms with Crippen LogP contribution in [0.5, 0.6) is 0 Å². The highest BCUT2D eigenvalue weighted by Crippen LogP contribution is 2.33. The van der Waals surface area contributed by atoms with Crippen LogP contribution in [0.1, 0.15) is 11.1 Å². The Bertz CT molecular complexity index is 816. The Hall–Kier alpha value is -2.11. The number of aryl methyl sites for hydroxylation is 1. The van der Waals surface area contributed by atoms with Crippen molar-refractivity contribution in [2.45, 2.75) is 11.8 Å². The average Bonchev–Trinajstić information content (AvgIpc) is 2.57. The van der Waals surface area contributed by atoms with Gasteiger partial charge in [-0.3, -0.25) is 0 Å². The molecule has 0 bridgehead atoms. The second-order valence-electron chi connectivity index (χ2n) is 4.83. The molecule has 8 heteroatoms. The molecule has 0 amide bonds. The summed E-state index contributed by atoms with van der Waals surface area (Å²) >= 11 is 5.46. The van der Waals surface area contributed by atoms with E-state index in [9.17, 15) is 17.6 Å². The van der Waals surface area contributed by atoms with Gasteiger partial charge < -0.3 is 4.90 Å². The third-order valence-corrected chi connectivity index (χ3v) is 4.75. The van der Waals surface area contributed by atoms with Crippen LogP contribution in [-0.2, 0) is 0 Å². The molecule has 0 aliphatic carbocycles. The van der Waals surface area contributed by atoms with Crippen LogP contribution in [0.4, 0.5) is 23.2 Å². The highest BCUT2D eigenvalue weighted by Gasteiger charge is 2.27. The lowest BCUT2D eigenvalue weighted by Crippen LogP contribution is -2.22. The summed E-state index contributed by atoms with van der Waals surface area (Å²) in [4.78, 5) is 0.528. The molecule has 0 saturated carbocycles. The smallest absolute Gasteiger partial charge is 0.180 e. The first-order valence-electron chi connectivity index (χ1n) is 6.56. The largest absolute Gasteiger partial charge is 0.330 e. The monoisotopic (exact) mass is 370 g/mol. The minimum Gasteiger partial charge on any atom is -0.330 e. The molecule has 2 aromatic rings. The molecular weight excluding hydrogens is 360 g/mol. The lowest BCUT2D eigenvalue weighted by molar-refractivity contribution is 0.423. The van der Waals surface area contributed by atoms with Crippen LogP contribution in [0.2, 0.25) is 0 Å². The molecule has 0 aliphatic rings. The summed E-state index contributed by atoms with van der Waals surface area (Å²) in [7, 11) is 1.56. The molecule has 0 spiro atoms. The predicted octanol–water partition coefficient (Wildman–Crippen LogP) is 4.94. The van der Waals surface area contributed by atoms with E-state index in [1.807, 2.05) is 19.1 Å². The normalized spacial score (nSPS) is 10.4. The maximum absolute atomic E-state index is 13.9. The van der Waals surface area contributed by atoms with Crippen LogP contribution in [0, 0.1) is 41.5 Å². The highest BCUT2D eigenvalue weighted by molar-refractivity contribution is 8.23. The molecule has 0 unspecified atom stereocenters. The molecule has 0 aromatic heterocycles. The van der Waals surface area contributed by atoms with Gasteiger partial charge in [0.05, 0.1) is 4.90 Å². The van der Waals surface area contributed by atoms with Gasteiger partial charge in [0.25, 0.3) is 0 Å². The minimum absolute atomic E-state index is 0.0137. The van der Waals surface area contributed by atoms with Crippen molar-refractivity contribution < 1.29 is 17.6 Å². The van der Waals surface area contributed by atoms with E-state index in [0.717, 1.165) is 11.6 Å². The summed E-state index contributed by atoms with van der Waals surface area (Å²) < 4.78 is 55.2. The molecule has 0 fully saturated rings. The van der Waals surface area contributed by atoms with Crippen LogP contribution >= 0.6 is 24.0 Å². The van der Waals surface area contributed by atoms with Gasteiger partial charge in [-0.1, -0.05) is 41.7 Å². The molecule has 2 nitrogen and oxygen atoms in total. The van der Waals surface area contributed by atoms with E-state index >= 15 is 0 Å². The molecule has 0 heterocycles. The van der Waals surface area contributed by atoms with Gasteiger partial charge in [0.1, 0.15) is 16.0 Å². The quantitative estimate of drug-likeness (QED) is 0.324. The first kappa shape index (κ1) is 18.2. The number of thioether (sulfide) groups is 1. The van der Waals surface area contributed by atoms with Crippen LogP contribution in [0.25, 0.3) is 0 Å². The Morgan fingerprint density at radius 2 is 1.54 bits per heavy atom. The number of thiocarbonyl (C=S) groups is 1. The highest BCUT2D eigenvalue weighted by atomic mass is 32.2. The molecule has 124 valence electrons. The molecule has 2 rings (SSSR count). The van der Waals surface area contributed by atoms with E-state index < -0.39 is 33.7 Å². The van der Waals surface area contributed by atoms with Crippen LogP contribution in [-0.4, -0.2) is 11.4 Å². The number of rotatable bonds is 2. The van der Waals surface area contributed by atoms with E-state index in [4.69, 9.17) is 17.5 Å². The number of nitrogens with zero attached hydrogens (tertiary/aromatic N) is 2. The summed E-state index contributed by atoms with van der Waals surface area (Å²) in [6.07, 6.45) is 0. The van der Waals surface area contributed by atoms with Crippen molar-refractivity contribution in [2.75, 3.05) is 11.9 Å². The topological polar surface area (TPSA) is 27.0 Å². The fourth-order valence-electron chi connectivity index (χ4n) is 1.83. The maximum atomic E-state index is 13.9. The predicted molar refractivity (Wildman–Crippen MR) is 89.0 cm³/mol. The summed E-state index contributed by atoms with van der Waals surface area (Å²) in [5, 5.41) is 8.58. The second kappa shape index (κ2) is 7.20. The Balaban J connectivity index is 2.36. The zero-order valence-electron chi connectivity index (χ0n) is 12.5.